The number of aromatic nitrogens is 2. The van der Waals surface area contributed by atoms with Gasteiger partial charge < -0.3 is 23.8 Å². The summed E-state index contributed by atoms with van der Waals surface area (Å²) >= 11 is 0. The maximum absolute atomic E-state index is 13.4. The van der Waals surface area contributed by atoms with Crippen LogP contribution >= 0.6 is 0 Å². The van der Waals surface area contributed by atoms with Gasteiger partial charge in [0.1, 0.15) is 11.4 Å². The Bertz CT molecular complexity index is 1160. The van der Waals surface area contributed by atoms with Crippen molar-refractivity contribution in [3.63, 3.8) is 0 Å². The molecule has 0 aliphatic carbocycles. The predicted octanol–water partition coefficient (Wildman–Crippen LogP) is 4.71. The van der Waals surface area contributed by atoms with Crippen molar-refractivity contribution in [1.29, 1.82) is 0 Å². The molecule has 1 N–H and O–H groups in total. The molecule has 1 aliphatic rings. The van der Waals surface area contributed by atoms with E-state index in [9.17, 15) is 4.79 Å². The van der Waals surface area contributed by atoms with E-state index in [1.54, 1.807) is 21.3 Å². The summed E-state index contributed by atoms with van der Waals surface area (Å²) in [4.78, 5) is 15.2. The number of nitrogens with zero attached hydrogens (tertiary/aromatic N) is 2. The van der Waals surface area contributed by atoms with Crippen LogP contribution in [0.3, 0.4) is 0 Å². The number of nitrogens with one attached hydrogen (secondary N) is 1. The molecule has 0 saturated heterocycles. The van der Waals surface area contributed by atoms with Gasteiger partial charge >= 0.3 is 0 Å². The molecule has 0 fully saturated rings. The summed E-state index contributed by atoms with van der Waals surface area (Å²) in [6, 6.07) is 13.2. The highest BCUT2D eigenvalue weighted by Gasteiger charge is 2.42. The van der Waals surface area contributed by atoms with Gasteiger partial charge in [-0.05, 0) is 54.3 Å². The van der Waals surface area contributed by atoms with Crippen molar-refractivity contribution in [2.75, 3.05) is 41.1 Å². The van der Waals surface area contributed by atoms with E-state index in [1.165, 1.54) is 0 Å². The monoisotopic (exact) mass is 479 g/mol. The lowest BCUT2D eigenvalue weighted by atomic mass is 9.95. The van der Waals surface area contributed by atoms with Crippen LogP contribution in [0.4, 0.5) is 0 Å². The molecule has 0 saturated carbocycles. The largest absolute Gasteiger partial charge is 0.497 e. The molecule has 3 aromatic rings. The second kappa shape index (κ2) is 10.8. The summed E-state index contributed by atoms with van der Waals surface area (Å²) < 4.78 is 22.2. The molecular weight excluding hydrogens is 446 g/mol. The number of hydrogen-bond donors (Lipinski definition) is 1. The summed E-state index contributed by atoms with van der Waals surface area (Å²) in [7, 11) is 4.89. The van der Waals surface area contributed by atoms with Gasteiger partial charge in [0.2, 0.25) is 0 Å². The molecule has 0 radical (unpaired) electrons. The summed E-state index contributed by atoms with van der Waals surface area (Å²) in [6.07, 6.45) is 0.955. The topological polar surface area (TPSA) is 85.9 Å². The number of ether oxygens (including phenoxy) is 4. The molecule has 1 aliphatic heterocycles. The van der Waals surface area contributed by atoms with E-state index >= 15 is 0 Å². The number of aromatic amines is 1. The molecule has 8 heteroatoms. The van der Waals surface area contributed by atoms with Crippen LogP contribution in [0.25, 0.3) is 11.3 Å². The van der Waals surface area contributed by atoms with E-state index in [-0.39, 0.29) is 11.9 Å². The Kier molecular flexibility index (Phi) is 7.60. The fraction of sp³-hybridized carbons (Fsp3) is 0.407. The molecule has 8 nitrogen and oxygen atoms in total. The van der Waals surface area contributed by atoms with E-state index in [4.69, 9.17) is 18.9 Å². The van der Waals surface area contributed by atoms with Crippen LogP contribution in [0.1, 0.15) is 47.9 Å². The van der Waals surface area contributed by atoms with Crippen molar-refractivity contribution >= 4 is 5.91 Å². The molecule has 1 unspecified atom stereocenters. The predicted molar refractivity (Wildman–Crippen MR) is 133 cm³/mol. The molecule has 0 spiro atoms. The average Bonchev–Trinajstić information content (AvgIpc) is 3.41. The third kappa shape index (κ3) is 4.98. The van der Waals surface area contributed by atoms with Crippen molar-refractivity contribution in [1.82, 2.24) is 15.1 Å². The number of H-pyrrole nitrogens is 1. The van der Waals surface area contributed by atoms with Gasteiger partial charge in [0.25, 0.3) is 5.91 Å². The Labute approximate surface area is 206 Å². The zero-order valence-corrected chi connectivity index (χ0v) is 21.0. The second-order valence-corrected chi connectivity index (χ2v) is 8.92. The first-order valence-corrected chi connectivity index (χ1v) is 11.8. The fourth-order valence-electron chi connectivity index (χ4n) is 4.31. The first-order chi connectivity index (χ1) is 17.0. The standard InChI is InChI=1S/C27H33N3O5/c1-17(2)12-14-35-21-11-8-19(16-22(21)34-5)26-23-24(18-6-9-20(33-4)10-7-18)28-29-25(23)27(31)30(26)13-15-32-3/h6-11,16-17,26H,12-15H2,1-5H3,(H,28,29). The number of rotatable bonds is 11. The van der Waals surface area contributed by atoms with Crippen LogP contribution in [0.15, 0.2) is 42.5 Å². The van der Waals surface area contributed by atoms with Crippen molar-refractivity contribution < 1.29 is 23.7 Å². The van der Waals surface area contributed by atoms with Gasteiger partial charge in [-0.1, -0.05) is 19.9 Å². The van der Waals surface area contributed by atoms with Gasteiger partial charge in [0.05, 0.1) is 39.2 Å². The van der Waals surface area contributed by atoms with Gasteiger partial charge in [-0.2, -0.15) is 5.10 Å². The smallest absolute Gasteiger partial charge is 0.273 e. The summed E-state index contributed by atoms with van der Waals surface area (Å²) in [5.74, 6) is 2.52. The lowest BCUT2D eigenvalue weighted by Gasteiger charge is -2.26. The Morgan fingerprint density at radius 1 is 1.00 bits per heavy atom. The first-order valence-electron chi connectivity index (χ1n) is 11.8. The molecule has 35 heavy (non-hydrogen) atoms. The number of fused-ring (bicyclic) bond motifs is 1. The molecule has 1 aromatic heterocycles. The molecule has 4 rings (SSSR count). The van der Waals surface area contributed by atoms with Crippen LogP contribution in [0.2, 0.25) is 0 Å². The number of methoxy groups -OCH3 is 3. The highest BCUT2D eigenvalue weighted by molar-refractivity contribution is 6.00. The van der Waals surface area contributed by atoms with Gasteiger partial charge in [-0.15, -0.1) is 0 Å². The van der Waals surface area contributed by atoms with Crippen LogP contribution < -0.4 is 14.2 Å². The van der Waals surface area contributed by atoms with Crippen LogP contribution in [-0.4, -0.2) is 62.1 Å². The number of amides is 1. The van der Waals surface area contributed by atoms with E-state index in [0.29, 0.717) is 42.9 Å². The van der Waals surface area contributed by atoms with Crippen LogP contribution in [0, 0.1) is 5.92 Å². The van der Waals surface area contributed by atoms with Gasteiger partial charge in [-0.25, -0.2) is 0 Å². The van der Waals surface area contributed by atoms with E-state index in [2.05, 4.69) is 24.0 Å². The zero-order chi connectivity index (χ0) is 24.9. The van der Waals surface area contributed by atoms with E-state index in [0.717, 1.165) is 34.6 Å². The number of carbonyl (C=O) groups is 1. The Morgan fingerprint density at radius 2 is 1.77 bits per heavy atom. The normalized spacial score (nSPS) is 15.0. The fourth-order valence-corrected chi connectivity index (χ4v) is 4.31. The van der Waals surface area contributed by atoms with Crippen molar-refractivity contribution in [2.45, 2.75) is 26.3 Å². The molecule has 0 bridgehead atoms. The highest BCUT2D eigenvalue weighted by atomic mass is 16.5. The summed E-state index contributed by atoms with van der Waals surface area (Å²) in [5.41, 5.74) is 3.88. The number of benzene rings is 2. The van der Waals surface area contributed by atoms with Gasteiger partial charge in [0, 0.05) is 24.8 Å². The van der Waals surface area contributed by atoms with Crippen molar-refractivity contribution in [3.8, 4) is 28.5 Å². The molecule has 2 aromatic carbocycles. The Hall–Kier alpha value is -3.52. The van der Waals surface area contributed by atoms with Crippen LogP contribution in [-0.2, 0) is 4.74 Å². The first kappa shape index (κ1) is 24.6. The molecule has 1 amide bonds. The van der Waals surface area contributed by atoms with Gasteiger partial charge in [0.15, 0.2) is 11.5 Å². The zero-order valence-electron chi connectivity index (χ0n) is 21.0. The van der Waals surface area contributed by atoms with Gasteiger partial charge in [-0.3, -0.25) is 9.89 Å². The molecule has 1 atom stereocenters. The maximum atomic E-state index is 13.4. The summed E-state index contributed by atoms with van der Waals surface area (Å²) in [5, 5.41) is 7.50. The Morgan fingerprint density at radius 3 is 2.43 bits per heavy atom. The third-order valence-corrected chi connectivity index (χ3v) is 6.22. The second-order valence-electron chi connectivity index (χ2n) is 8.92. The van der Waals surface area contributed by atoms with Crippen molar-refractivity contribution in [2.24, 2.45) is 5.92 Å². The number of hydrogen-bond acceptors (Lipinski definition) is 6. The average molecular weight is 480 g/mol. The minimum absolute atomic E-state index is 0.106. The maximum Gasteiger partial charge on any atom is 0.273 e. The Balaban J connectivity index is 1.75. The lowest BCUT2D eigenvalue weighted by Crippen LogP contribution is -2.32. The number of carbonyl (C=O) groups excluding carboxylic acids is 1. The SMILES string of the molecule is COCCN1C(=O)c2[nH]nc(-c3ccc(OC)cc3)c2C1c1ccc(OCCC(C)C)c(OC)c1. The quantitative estimate of drug-likeness (QED) is 0.429. The minimum atomic E-state index is -0.345. The summed E-state index contributed by atoms with van der Waals surface area (Å²) in [6.45, 7) is 5.81. The van der Waals surface area contributed by atoms with Crippen molar-refractivity contribution in [3.05, 3.63) is 59.3 Å². The van der Waals surface area contributed by atoms with E-state index < -0.39 is 0 Å². The molecule has 186 valence electrons. The molecular formula is C27H33N3O5. The minimum Gasteiger partial charge on any atom is -0.497 e. The third-order valence-electron chi connectivity index (χ3n) is 6.22. The lowest BCUT2D eigenvalue weighted by molar-refractivity contribution is 0.0677. The van der Waals surface area contributed by atoms with E-state index in [1.807, 2.05) is 47.4 Å². The highest BCUT2D eigenvalue weighted by Crippen LogP contribution is 2.44. The molecule has 2 heterocycles. The van der Waals surface area contributed by atoms with Crippen LogP contribution in [0.5, 0.6) is 17.2 Å².